The summed E-state index contributed by atoms with van der Waals surface area (Å²) in [4.78, 5) is 0. The van der Waals surface area contributed by atoms with E-state index in [-0.39, 0.29) is 10.8 Å². The summed E-state index contributed by atoms with van der Waals surface area (Å²) in [5, 5.41) is 0. The fourth-order valence-corrected chi connectivity index (χ4v) is 4.06. The van der Waals surface area contributed by atoms with Crippen molar-refractivity contribution in [2.45, 2.75) is 77.6 Å². The van der Waals surface area contributed by atoms with E-state index in [1.165, 1.54) is 46.2 Å². The van der Waals surface area contributed by atoms with E-state index in [2.05, 4.69) is 84.5 Å². The Balaban J connectivity index is 2.13. The van der Waals surface area contributed by atoms with Crippen LogP contribution in [0.25, 0.3) is 11.1 Å². The normalized spacial score (nSPS) is 14.2. The number of hydrogen-bond donors (Lipinski definition) is 0. The van der Waals surface area contributed by atoms with E-state index >= 15 is 0 Å². The van der Waals surface area contributed by atoms with Gasteiger partial charge in [0, 0.05) is 5.92 Å². The lowest BCUT2D eigenvalue weighted by atomic mass is 9.83. The predicted molar refractivity (Wildman–Crippen MR) is 115 cm³/mol. The third-order valence-electron chi connectivity index (χ3n) is 5.78. The van der Waals surface area contributed by atoms with Crippen molar-refractivity contribution in [2.75, 3.05) is 0 Å². The molecule has 0 aromatic heterocycles. The summed E-state index contributed by atoms with van der Waals surface area (Å²) in [5.41, 5.74) is 9.16. The Labute approximate surface area is 160 Å². The lowest BCUT2D eigenvalue weighted by Gasteiger charge is -2.21. The Morgan fingerprint density at radius 2 is 1.27 bits per heavy atom. The van der Waals surface area contributed by atoms with Crippen molar-refractivity contribution < 1.29 is 0 Å². The molecule has 0 saturated carbocycles. The molecular formula is C26H34. The molecule has 0 heteroatoms. The highest BCUT2D eigenvalue weighted by atomic mass is 14.3. The highest BCUT2D eigenvalue weighted by Crippen LogP contribution is 2.49. The minimum absolute atomic E-state index is 0.178. The van der Waals surface area contributed by atoms with E-state index in [1.54, 1.807) is 0 Å². The molecule has 26 heavy (non-hydrogen) atoms. The smallest absolute Gasteiger partial charge is 0.0102 e. The summed E-state index contributed by atoms with van der Waals surface area (Å²) in [6, 6.07) is 14.4. The van der Waals surface area contributed by atoms with Crippen molar-refractivity contribution in [2.24, 2.45) is 0 Å². The topological polar surface area (TPSA) is 0 Å². The third kappa shape index (κ3) is 3.52. The molecule has 0 heterocycles. The molecule has 2 aromatic rings. The molecule has 3 rings (SSSR count). The van der Waals surface area contributed by atoms with Crippen LogP contribution in [0.5, 0.6) is 0 Å². The van der Waals surface area contributed by atoms with E-state index in [1.807, 2.05) is 6.08 Å². The van der Waals surface area contributed by atoms with E-state index < -0.39 is 0 Å². The molecule has 0 spiro atoms. The minimum Gasteiger partial charge on any atom is -0.103 e. The van der Waals surface area contributed by atoms with Crippen molar-refractivity contribution in [3.05, 3.63) is 71.3 Å². The zero-order valence-corrected chi connectivity index (χ0v) is 17.4. The van der Waals surface area contributed by atoms with Crippen molar-refractivity contribution in [3.8, 4) is 11.1 Å². The maximum absolute atomic E-state index is 3.89. The summed E-state index contributed by atoms with van der Waals surface area (Å²) >= 11 is 0. The number of benzene rings is 2. The van der Waals surface area contributed by atoms with Crippen molar-refractivity contribution in [3.63, 3.8) is 0 Å². The van der Waals surface area contributed by atoms with E-state index in [0.29, 0.717) is 5.92 Å². The van der Waals surface area contributed by atoms with Crippen LogP contribution in [0.2, 0.25) is 0 Å². The molecule has 0 nitrogen and oxygen atoms in total. The van der Waals surface area contributed by atoms with E-state index in [0.717, 1.165) is 6.42 Å². The zero-order valence-electron chi connectivity index (χ0n) is 17.4. The molecule has 1 aliphatic carbocycles. The van der Waals surface area contributed by atoms with Gasteiger partial charge in [-0.2, -0.15) is 0 Å². The summed E-state index contributed by atoms with van der Waals surface area (Å²) in [7, 11) is 0. The highest BCUT2D eigenvalue weighted by molar-refractivity contribution is 5.80. The first kappa shape index (κ1) is 19.0. The Kier molecular flexibility index (Phi) is 4.90. The number of hydrogen-bond acceptors (Lipinski definition) is 0. The Bertz CT molecular complexity index is 745. The second-order valence-electron chi connectivity index (χ2n) is 9.88. The Morgan fingerprint density at radius 1 is 0.808 bits per heavy atom. The monoisotopic (exact) mass is 346 g/mol. The fraction of sp³-hybridized carbons (Fsp3) is 0.462. The van der Waals surface area contributed by atoms with Gasteiger partial charge in [0.05, 0.1) is 0 Å². The molecule has 138 valence electrons. The Morgan fingerprint density at radius 3 is 1.65 bits per heavy atom. The van der Waals surface area contributed by atoms with Crippen LogP contribution in [-0.2, 0) is 10.8 Å². The molecule has 0 saturated heterocycles. The maximum Gasteiger partial charge on any atom is 0.0102 e. The standard InChI is InChI=1S/C26H34/c1-8-9-10-11-20-21-14-12-18(25(2,3)4)16-23(21)24-17-19(26(5,6)7)13-15-22(20)24/h8,12-17,20H,1,9-11H2,2-7H3. The fourth-order valence-electron chi connectivity index (χ4n) is 4.06. The SMILES string of the molecule is C=CCCCC1c2ccc(C(C)(C)C)cc2-c2cc(C(C)(C)C)ccc21. The molecule has 0 N–H and O–H groups in total. The molecule has 0 fully saturated rings. The van der Waals surface area contributed by atoms with E-state index in [9.17, 15) is 0 Å². The zero-order chi connectivity index (χ0) is 19.1. The number of rotatable bonds is 4. The van der Waals surface area contributed by atoms with Gasteiger partial charge in [-0.1, -0.05) is 84.0 Å². The molecule has 0 atom stereocenters. The van der Waals surface area contributed by atoms with Crippen molar-refractivity contribution >= 4 is 0 Å². The van der Waals surface area contributed by atoms with Gasteiger partial charge in [-0.3, -0.25) is 0 Å². The predicted octanol–water partition coefficient (Wildman–Crippen LogP) is 7.75. The molecular weight excluding hydrogens is 312 g/mol. The second-order valence-corrected chi connectivity index (χ2v) is 9.88. The van der Waals surface area contributed by atoms with E-state index in [4.69, 9.17) is 0 Å². The molecule has 0 aliphatic heterocycles. The van der Waals surface area contributed by atoms with Crippen LogP contribution in [-0.4, -0.2) is 0 Å². The first-order valence-corrected chi connectivity index (χ1v) is 10.0. The van der Waals surface area contributed by atoms with Gasteiger partial charge in [-0.25, -0.2) is 0 Å². The molecule has 2 aromatic carbocycles. The van der Waals surface area contributed by atoms with Gasteiger partial charge in [-0.05, 0) is 63.5 Å². The van der Waals surface area contributed by atoms with Crippen LogP contribution in [0, 0.1) is 0 Å². The van der Waals surface area contributed by atoms with Crippen molar-refractivity contribution in [1.29, 1.82) is 0 Å². The van der Waals surface area contributed by atoms with Crippen LogP contribution < -0.4 is 0 Å². The second kappa shape index (κ2) is 6.72. The molecule has 1 aliphatic rings. The molecule has 0 unspecified atom stereocenters. The van der Waals surface area contributed by atoms with Crippen LogP contribution in [0.4, 0.5) is 0 Å². The highest BCUT2D eigenvalue weighted by Gasteiger charge is 2.30. The van der Waals surface area contributed by atoms with Crippen LogP contribution >= 0.6 is 0 Å². The molecule has 0 amide bonds. The number of allylic oxidation sites excluding steroid dienone is 1. The van der Waals surface area contributed by atoms with Gasteiger partial charge in [0.25, 0.3) is 0 Å². The van der Waals surface area contributed by atoms with Gasteiger partial charge < -0.3 is 0 Å². The lowest BCUT2D eigenvalue weighted by molar-refractivity contribution is 0.589. The summed E-state index contributed by atoms with van der Waals surface area (Å²) in [6.07, 6.45) is 5.55. The summed E-state index contributed by atoms with van der Waals surface area (Å²) in [6.45, 7) is 17.7. The third-order valence-corrected chi connectivity index (χ3v) is 5.78. The first-order valence-electron chi connectivity index (χ1n) is 10.0. The van der Waals surface area contributed by atoms with Crippen molar-refractivity contribution in [1.82, 2.24) is 0 Å². The van der Waals surface area contributed by atoms with Crippen LogP contribution in [0.3, 0.4) is 0 Å². The average molecular weight is 347 g/mol. The maximum atomic E-state index is 3.89. The first-order chi connectivity index (χ1) is 12.1. The van der Waals surface area contributed by atoms with Gasteiger partial charge in [0.2, 0.25) is 0 Å². The molecule has 0 radical (unpaired) electrons. The summed E-state index contributed by atoms with van der Waals surface area (Å²) in [5.74, 6) is 0.531. The van der Waals surface area contributed by atoms with Crippen LogP contribution in [0.15, 0.2) is 49.1 Å². The minimum atomic E-state index is 0.178. The quantitative estimate of drug-likeness (QED) is 0.392. The lowest BCUT2D eigenvalue weighted by Crippen LogP contribution is -2.11. The van der Waals surface area contributed by atoms with Crippen LogP contribution in [0.1, 0.15) is 89.0 Å². The average Bonchev–Trinajstić information content (AvgIpc) is 2.86. The van der Waals surface area contributed by atoms with Gasteiger partial charge in [0.15, 0.2) is 0 Å². The van der Waals surface area contributed by atoms with Gasteiger partial charge in [-0.15, -0.1) is 6.58 Å². The number of unbranched alkanes of at least 4 members (excludes halogenated alkanes) is 1. The van der Waals surface area contributed by atoms with Gasteiger partial charge >= 0.3 is 0 Å². The number of fused-ring (bicyclic) bond motifs is 3. The largest absolute Gasteiger partial charge is 0.103 e. The Hall–Kier alpha value is -1.82. The van der Waals surface area contributed by atoms with Gasteiger partial charge in [0.1, 0.15) is 0 Å². The summed E-state index contributed by atoms with van der Waals surface area (Å²) < 4.78 is 0. The molecule has 0 bridgehead atoms.